The van der Waals surface area contributed by atoms with E-state index in [1.165, 1.54) is 0 Å². The van der Waals surface area contributed by atoms with E-state index in [1.54, 1.807) is 18.2 Å². The van der Waals surface area contributed by atoms with Crippen LogP contribution in [0.1, 0.15) is 19.3 Å². The number of hydrogen-bond donors (Lipinski definition) is 2. The van der Waals surface area contributed by atoms with Gasteiger partial charge in [0.1, 0.15) is 6.61 Å². The van der Waals surface area contributed by atoms with Crippen molar-refractivity contribution in [3.63, 3.8) is 0 Å². The lowest BCUT2D eigenvalue weighted by atomic mass is 9.85. The number of nitrogens with one attached hydrogen (secondary N) is 2. The van der Waals surface area contributed by atoms with Crippen LogP contribution in [0, 0.1) is 5.92 Å². The fourth-order valence-electron chi connectivity index (χ4n) is 2.12. The van der Waals surface area contributed by atoms with Crippen LogP contribution in [0.3, 0.4) is 0 Å². The Balaban J connectivity index is 1.52. The Morgan fingerprint density at radius 2 is 1.75 bits per heavy atom. The van der Waals surface area contributed by atoms with Gasteiger partial charge in [-0.25, -0.2) is 0 Å². The second-order valence-electron chi connectivity index (χ2n) is 4.97. The smallest absolute Gasteiger partial charge is 0.283 e. The monoisotopic (exact) mass is 276 g/mol. The van der Waals surface area contributed by atoms with Crippen LogP contribution in [-0.2, 0) is 9.59 Å². The van der Waals surface area contributed by atoms with Gasteiger partial charge in [-0.1, -0.05) is 18.6 Å². The third-order valence-electron chi connectivity index (χ3n) is 3.59. The van der Waals surface area contributed by atoms with Crippen molar-refractivity contribution >= 4 is 11.8 Å². The molecule has 1 aromatic carbocycles. The van der Waals surface area contributed by atoms with E-state index in [-0.39, 0.29) is 18.4 Å². The van der Waals surface area contributed by atoms with Gasteiger partial charge in [0, 0.05) is 5.92 Å². The first-order chi connectivity index (χ1) is 9.74. The van der Waals surface area contributed by atoms with Gasteiger partial charge in [-0.15, -0.1) is 0 Å². The number of fused-ring (bicyclic) bond motifs is 1. The van der Waals surface area contributed by atoms with Crippen molar-refractivity contribution in [3.8, 4) is 11.5 Å². The maximum absolute atomic E-state index is 11.9. The van der Waals surface area contributed by atoms with Gasteiger partial charge >= 0.3 is 0 Å². The van der Waals surface area contributed by atoms with E-state index in [4.69, 9.17) is 9.47 Å². The second-order valence-corrected chi connectivity index (χ2v) is 4.97. The topological polar surface area (TPSA) is 76.7 Å². The van der Waals surface area contributed by atoms with Crippen LogP contribution in [0.15, 0.2) is 24.3 Å². The van der Waals surface area contributed by atoms with Gasteiger partial charge in [0.25, 0.3) is 5.91 Å². The number of carbonyl (C=O) groups is 2. The fraction of sp³-hybridized carbons (Fsp3) is 0.429. The zero-order valence-corrected chi connectivity index (χ0v) is 10.9. The minimum Gasteiger partial charge on any atom is -0.485 e. The van der Waals surface area contributed by atoms with Gasteiger partial charge < -0.3 is 9.47 Å². The number of para-hydroxylation sites is 2. The first-order valence-corrected chi connectivity index (χ1v) is 6.72. The van der Waals surface area contributed by atoms with Crippen molar-refractivity contribution in [3.05, 3.63) is 24.3 Å². The van der Waals surface area contributed by atoms with E-state index >= 15 is 0 Å². The van der Waals surface area contributed by atoms with E-state index in [9.17, 15) is 9.59 Å². The maximum atomic E-state index is 11.9. The third-order valence-corrected chi connectivity index (χ3v) is 3.59. The lowest BCUT2D eigenvalue weighted by Gasteiger charge is -2.27. The second kappa shape index (κ2) is 5.40. The Kier molecular flexibility index (Phi) is 3.45. The molecular formula is C14H16N2O4. The SMILES string of the molecule is O=C(NNC(=O)C1COc2ccccc2O1)C1CCC1. The molecule has 1 unspecified atom stereocenters. The molecule has 2 N–H and O–H groups in total. The number of carbonyl (C=O) groups excluding carboxylic acids is 2. The molecule has 1 fully saturated rings. The molecule has 1 saturated carbocycles. The summed E-state index contributed by atoms with van der Waals surface area (Å²) in [7, 11) is 0. The molecule has 6 nitrogen and oxygen atoms in total. The lowest BCUT2D eigenvalue weighted by Crippen LogP contribution is -2.52. The molecular weight excluding hydrogens is 260 g/mol. The van der Waals surface area contributed by atoms with E-state index in [0.29, 0.717) is 11.5 Å². The average Bonchev–Trinajstić information content (AvgIpc) is 2.42. The Morgan fingerprint density at radius 1 is 1.05 bits per heavy atom. The largest absolute Gasteiger partial charge is 0.485 e. The normalized spacial score (nSPS) is 20.7. The van der Waals surface area contributed by atoms with Crippen LogP contribution < -0.4 is 20.3 Å². The summed E-state index contributed by atoms with van der Waals surface area (Å²) in [5.41, 5.74) is 4.82. The predicted octanol–water partition coefficient (Wildman–Crippen LogP) is 0.774. The molecule has 0 radical (unpaired) electrons. The number of benzene rings is 1. The van der Waals surface area contributed by atoms with Gasteiger partial charge in [-0.3, -0.25) is 20.4 Å². The first kappa shape index (κ1) is 12.8. The predicted molar refractivity (Wildman–Crippen MR) is 70.0 cm³/mol. The highest BCUT2D eigenvalue weighted by Gasteiger charge is 2.29. The van der Waals surface area contributed by atoms with Crippen molar-refractivity contribution in [2.75, 3.05) is 6.61 Å². The van der Waals surface area contributed by atoms with Gasteiger partial charge in [-0.2, -0.15) is 0 Å². The quantitative estimate of drug-likeness (QED) is 0.782. The molecule has 1 heterocycles. The molecule has 2 amide bonds. The van der Waals surface area contributed by atoms with E-state index in [1.807, 2.05) is 6.07 Å². The van der Waals surface area contributed by atoms with Gasteiger partial charge in [0.15, 0.2) is 11.5 Å². The van der Waals surface area contributed by atoms with Crippen LogP contribution in [-0.4, -0.2) is 24.5 Å². The fourth-order valence-corrected chi connectivity index (χ4v) is 2.12. The minimum atomic E-state index is -0.758. The van der Waals surface area contributed by atoms with Crippen molar-refractivity contribution in [1.82, 2.24) is 10.9 Å². The molecule has 2 aliphatic rings. The van der Waals surface area contributed by atoms with Crippen LogP contribution in [0.2, 0.25) is 0 Å². The summed E-state index contributed by atoms with van der Waals surface area (Å²) >= 11 is 0. The Hall–Kier alpha value is -2.24. The molecule has 0 aromatic heterocycles. The van der Waals surface area contributed by atoms with Crippen molar-refractivity contribution < 1.29 is 19.1 Å². The molecule has 20 heavy (non-hydrogen) atoms. The summed E-state index contributed by atoms with van der Waals surface area (Å²) in [6.07, 6.45) is 2.09. The molecule has 1 aromatic rings. The number of amides is 2. The molecule has 0 bridgehead atoms. The summed E-state index contributed by atoms with van der Waals surface area (Å²) in [5, 5.41) is 0. The van der Waals surface area contributed by atoms with E-state index in [0.717, 1.165) is 19.3 Å². The van der Waals surface area contributed by atoms with E-state index in [2.05, 4.69) is 10.9 Å². The van der Waals surface area contributed by atoms with Gasteiger partial charge in [-0.05, 0) is 25.0 Å². The first-order valence-electron chi connectivity index (χ1n) is 6.72. The highest BCUT2D eigenvalue weighted by molar-refractivity contribution is 5.86. The minimum absolute atomic E-state index is 0.0274. The zero-order valence-electron chi connectivity index (χ0n) is 10.9. The molecule has 6 heteroatoms. The molecule has 1 aliphatic heterocycles. The molecule has 1 aliphatic carbocycles. The van der Waals surface area contributed by atoms with Crippen LogP contribution in [0.5, 0.6) is 11.5 Å². The van der Waals surface area contributed by atoms with Crippen molar-refractivity contribution in [2.24, 2.45) is 5.92 Å². The summed E-state index contributed by atoms with van der Waals surface area (Å²) in [6.45, 7) is 0.127. The zero-order chi connectivity index (χ0) is 13.9. The van der Waals surface area contributed by atoms with Crippen LogP contribution in [0.25, 0.3) is 0 Å². The maximum Gasteiger partial charge on any atom is 0.283 e. The number of rotatable bonds is 2. The Bertz CT molecular complexity index is 528. The summed E-state index contributed by atoms with van der Waals surface area (Å²) < 4.78 is 11.0. The number of hydrogen-bond acceptors (Lipinski definition) is 4. The van der Waals surface area contributed by atoms with Crippen LogP contribution in [0.4, 0.5) is 0 Å². The molecule has 1 atom stereocenters. The number of hydrazine groups is 1. The molecule has 3 rings (SSSR count). The number of ether oxygens (including phenoxy) is 2. The molecule has 0 saturated heterocycles. The van der Waals surface area contributed by atoms with Crippen molar-refractivity contribution in [2.45, 2.75) is 25.4 Å². The lowest BCUT2D eigenvalue weighted by molar-refractivity contribution is -0.137. The third kappa shape index (κ3) is 2.54. The highest BCUT2D eigenvalue weighted by atomic mass is 16.6. The molecule has 106 valence electrons. The summed E-state index contributed by atoms with van der Waals surface area (Å²) in [6, 6.07) is 7.16. The molecule has 0 spiro atoms. The van der Waals surface area contributed by atoms with Gasteiger partial charge in [0.05, 0.1) is 0 Å². The highest BCUT2D eigenvalue weighted by Crippen LogP contribution is 2.30. The van der Waals surface area contributed by atoms with E-state index < -0.39 is 12.0 Å². The van der Waals surface area contributed by atoms with Crippen molar-refractivity contribution in [1.29, 1.82) is 0 Å². The van der Waals surface area contributed by atoms with Crippen LogP contribution >= 0.6 is 0 Å². The standard InChI is InChI=1S/C14H16N2O4/c17-13(9-4-3-5-9)15-16-14(18)12-8-19-10-6-1-2-7-11(10)20-12/h1-2,6-7,9,12H,3-5,8H2,(H,15,17)(H,16,18). The van der Waals surface area contributed by atoms with Gasteiger partial charge in [0.2, 0.25) is 12.0 Å². The Morgan fingerprint density at radius 3 is 2.45 bits per heavy atom. The summed E-state index contributed by atoms with van der Waals surface area (Å²) in [4.78, 5) is 23.5. The Labute approximate surface area is 116 Å². The summed E-state index contributed by atoms with van der Waals surface area (Å²) in [5.74, 6) is 0.632. The average molecular weight is 276 g/mol.